The Bertz CT molecular complexity index is 1430. The van der Waals surface area contributed by atoms with Crippen LogP contribution < -0.4 is 20.3 Å². The van der Waals surface area contributed by atoms with Crippen LogP contribution in [-0.2, 0) is 0 Å². The first kappa shape index (κ1) is 22.3. The molecule has 2 saturated heterocycles. The van der Waals surface area contributed by atoms with Crippen LogP contribution in [0.25, 0.3) is 21.9 Å². The molecular formula is C24H25ClFN7O2. The molecule has 9 nitrogen and oxygen atoms in total. The predicted molar refractivity (Wildman–Crippen MR) is 133 cm³/mol. The highest BCUT2D eigenvalue weighted by atomic mass is 35.5. The van der Waals surface area contributed by atoms with E-state index in [1.54, 1.807) is 20.0 Å². The Morgan fingerprint density at radius 2 is 2.14 bits per heavy atom. The summed E-state index contributed by atoms with van der Waals surface area (Å²) in [7, 11) is 1.75. The fourth-order valence-corrected chi connectivity index (χ4v) is 5.53. The first-order valence-electron chi connectivity index (χ1n) is 11.6. The van der Waals surface area contributed by atoms with E-state index in [-0.39, 0.29) is 16.9 Å². The molecule has 2 aliphatic rings. The molecule has 2 aliphatic heterocycles. The van der Waals surface area contributed by atoms with Crippen molar-refractivity contribution >= 4 is 45.0 Å². The fourth-order valence-electron chi connectivity index (χ4n) is 5.22. The zero-order valence-corrected chi connectivity index (χ0v) is 20.0. The monoisotopic (exact) mass is 497 g/mol. The van der Waals surface area contributed by atoms with Crippen molar-refractivity contribution in [1.29, 1.82) is 0 Å². The van der Waals surface area contributed by atoms with Crippen LogP contribution in [0.1, 0.15) is 25.1 Å². The summed E-state index contributed by atoms with van der Waals surface area (Å²) >= 11 is 6.27. The Kier molecular flexibility index (Phi) is 5.39. The van der Waals surface area contributed by atoms with Gasteiger partial charge < -0.3 is 30.4 Å². The van der Waals surface area contributed by atoms with Crippen molar-refractivity contribution in [2.45, 2.75) is 25.5 Å². The number of aromatic nitrogens is 4. The number of nitrogens with zero attached hydrogens (tertiary/aromatic N) is 4. The Hall–Kier alpha value is -3.21. The highest BCUT2D eigenvalue weighted by Crippen LogP contribution is 2.39. The van der Waals surface area contributed by atoms with E-state index in [2.05, 4.69) is 30.5 Å². The SMILES string of the molecule is CNc1cc(F)cc2c1[nH]c1nc(Oc3cnc(C(C)O)c(Cl)c3)nc(N3CC4CCNC4C3)c12. The van der Waals surface area contributed by atoms with Crippen molar-refractivity contribution in [1.82, 2.24) is 25.3 Å². The summed E-state index contributed by atoms with van der Waals surface area (Å²) in [5, 5.41) is 18.2. The zero-order valence-electron chi connectivity index (χ0n) is 19.3. The van der Waals surface area contributed by atoms with Crippen molar-refractivity contribution in [3.63, 3.8) is 0 Å². The van der Waals surface area contributed by atoms with Gasteiger partial charge in [-0.05, 0) is 37.9 Å². The van der Waals surface area contributed by atoms with Crippen LogP contribution in [0.5, 0.6) is 11.8 Å². The third kappa shape index (κ3) is 3.81. The van der Waals surface area contributed by atoms with Gasteiger partial charge in [-0.15, -0.1) is 0 Å². The summed E-state index contributed by atoms with van der Waals surface area (Å²) in [5.41, 5.74) is 2.30. The van der Waals surface area contributed by atoms with Crippen LogP contribution in [0.15, 0.2) is 24.4 Å². The van der Waals surface area contributed by atoms with Crippen LogP contribution in [-0.4, -0.2) is 57.8 Å². The van der Waals surface area contributed by atoms with Gasteiger partial charge in [-0.1, -0.05) is 11.6 Å². The number of hydrogen-bond donors (Lipinski definition) is 4. The molecule has 1 aromatic carbocycles. The molecule has 0 amide bonds. The number of H-pyrrole nitrogens is 1. The second-order valence-electron chi connectivity index (χ2n) is 9.13. The number of aliphatic hydroxyl groups is 1. The van der Waals surface area contributed by atoms with Crippen molar-refractivity contribution in [2.75, 3.05) is 36.9 Å². The van der Waals surface area contributed by atoms with Crippen molar-refractivity contribution in [2.24, 2.45) is 5.92 Å². The van der Waals surface area contributed by atoms with E-state index < -0.39 is 6.10 Å². The molecule has 0 bridgehead atoms. The first-order valence-corrected chi connectivity index (χ1v) is 12.0. The molecule has 3 unspecified atom stereocenters. The van der Waals surface area contributed by atoms with E-state index >= 15 is 0 Å². The number of halogens is 2. The Balaban J connectivity index is 1.49. The van der Waals surface area contributed by atoms with Gasteiger partial charge in [0.25, 0.3) is 0 Å². The quantitative estimate of drug-likeness (QED) is 0.327. The van der Waals surface area contributed by atoms with Crippen LogP contribution in [0.2, 0.25) is 5.02 Å². The summed E-state index contributed by atoms with van der Waals surface area (Å²) in [6, 6.07) is 5.06. The number of hydrogen-bond acceptors (Lipinski definition) is 8. The van der Waals surface area contributed by atoms with Gasteiger partial charge >= 0.3 is 6.01 Å². The minimum atomic E-state index is -0.799. The molecule has 5 heterocycles. The fraction of sp³-hybridized carbons (Fsp3) is 0.375. The molecule has 3 aromatic heterocycles. The Morgan fingerprint density at radius 3 is 2.89 bits per heavy atom. The van der Waals surface area contributed by atoms with Crippen LogP contribution in [0, 0.1) is 11.7 Å². The van der Waals surface area contributed by atoms with Crippen molar-refractivity contribution < 1.29 is 14.2 Å². The smallest absolute Gasteiger partial charge is 0.326 e. The van der Waals surface area contributed by atoms with E-state index in [0.717, 1.165) is 37.0 Å². The molecule has 0 aliphatic carbocycles. The third-order valence-corrected chi connectivity index (χ3v) is 7.17. The molecule has 0 spiro atoms. The number of ether oxygens (including phenoxy) is 1. The number of fused-ring (bicyclic) bond motifs is 4. The number of benzene rings is 1. The Labute approximate surface area is 205 Å². The summed E-state index contributed by atoms with van der Waals surface area (Å²) in [6.07, 6.45) is 1.79. The standard InChI is InChI=1S/C24H25ClFN7O2/c1-11(34)20-16(25)7-14(8-29-20)35-24-31-22-19(15-5-13(26)6-17(27-2)21(15)30-22)23(32-24)33-9-12-3-4-28-18(12)10-33/h5-8,11-12,18,27-28,34H,3-4,9-10H2,1-2H3,(H,30,31,32). The second kappa shape index (κ2) is 8.47. The van der Waals surface area contributed by atoms with Gasteiger partial charge in [0, 0.05) is 37.6 Å². The van der Waals surface area contributed by atoms with Crippen LogP contribution in [0.4, 0.5) is 15.9 Å². The predicted octanol–water partition coefficient (Wildman–Crippen LogP) is 3.98. The normalized spacial score (nSPS) is 20.5. The number of pyridine rings is 1. The minimum Gasteiger partial charge on any atom is -0.422 e. The van der Waals surface area contributed by atoms with E-state index in [9.17, 15) is 9.50 Å². The lowest BCUT2D eigenvalue weighted by atomic mass is 10.1. The van der Waals surface area contributed by atoms with Gasteiger partial charge in [-0.2, -0.15) is 9.97 Å². The van der Waals surface area contributed by atoms with Gasteiger partial charge in [0.2, 0.25) is 0 Å². The average molecular weight is 498 g/mol. The van der Waals surface area contributed by atoms with Crippen molar-refractivity contribution in [3.05, 3.63) is 40.9 Å². The third-order valence-electron chi connectivity index (χ3n) is 6.87. The molecule has 4 aromatic rings. The summed E-state index contributed by atoms with van der Waals surface area (Å²) < 4.78 is 20.5. The molecule has 2 fully saturated rings. The molecule has 35 heavy (non-hydrogen) atoms. The van der Waals surface area contributed by atoms with E-state index in [4.69, 9.17) is 21.3 Å². The molecule has 182 valence electrons. The van der Waals surface area contributed by atoms with Crippen molar-refractivity contribution in [3.8, 4) is 11.8 Å². The van der Waals surface area contributed by atoms with Gasteiger partial charge in [0.1, 0.15) is 17.3 Å². The maximum atomic E-state index is 14.5. The highest BCUT2D eigenvalue weighted by Gasteiger charge is 2.37. The minimum absolute atomic E-state index is 0.123. The average Bonchev–Trinajstić information content (AvgIpc) is 3.51. The molecule has 0 saturated carbocycles. The molecule has 0 radical (unpaired) electrons. The van der Waals surface area contributed by atoms with E-state index in [0.29, 0.717) is 45.9 Å². The van der Waals surface area contributed by atoms with E-state index in [1.165, 1.54) is 18.3 Å². The highest BCUT2D eigenvalue weighted by molar-refractivity contribution is 6.31. The molecule has 6 rings (SSSR count). The summed E-state index contributed by atoms with van der Waals surface area (Å²) in [6.45, 7) is 4.27. The molecule has 11 heteroatoms. The zero-order chi connectivity index (χ0) is 24.3. The maximum Gasteiger partial charge on any atom is 0.326 e. The van der Waals surface area contributed by atoms with Crippen LogP contribution >= 0.6 is 11.6 Å². The van der Waals surface area contributed by atoms with Gasteiger partial charge in [-0.3, -0.25) is 4.98 Å². The second-order valence-corrected chi connectivity index (χ2v) is 9.54. The first-order chi connectivity index (χ1) is 16.9. The Morgan fingerprint density at radius 1 is 1.29 bits per heavy atom. The topological polar surface area (TPSA) is 111 Å². The number of anilines is 2. The lowest BCUT2D eigenvalue weighted by molar-refractivity contribution is 0.194. The van der Waals surface area contributed by atoms with Gasteiger partial charge in [0.05, 0.1) is 39.6 Å². The number of aromatic amines is 1. The largest absolute Gasteiger partial charge is 0.422 e. The molecule has 3 atom stereocenters. The van der Waals surface area contributed by atoms with Gasteiger partial charge in [0.15, 0.2) is 5.75 Å². The lowest BCUT2D eigenvalue weighted by Crippen LogP contribution is -2.30. The molecular weight excluding hydrogens is 473 g/mol. The lowest BCUT2D eigenvalue weighted by Gasteiger charge is -2.20. The van der Waals surface area contributed by atoms with Gasteiger partial charge in [-0.25, -0.2) is 4.39 Å². The van der Waals surface area contributed by atoms with Crippen LogP contribution in [0.3, 0.4) is 0 Å². The maximum absolute atomic E-state index is 14.5. The van der Waals surface area contributed by atoms with E-state index in [1.807, 2.05) is 0 Å². The molecule has 4 N–H and O–H groups in total. The summed E-state index contributed by atoms with van der Waals surface area (Å²) in [4.78, 5) is 19.1. The number of nitrogens with one attached hydrogen (secondary N) is 3. The number of rotatable bonds is 5. The summed E-state index contributed by atoms with van der Waals surface area (Å²) in [5.74, 6) is 1.24. The number of aliphatic hydroxyl groups excluding tert-OH is 1.